The third kappa shape index (κ3) is 1.75. The fraction of sp³-hybridized carbons (Fsp3) is 0.273. The molecule has 0 fully saturated rings. The van der Waals surface area contributed by atoms with Crippen LogP contribution >= 0.6 is 11.6 Å². The molecule has 2 aromatic rings. The molecule has 0 aliphatic carbocycles. The highest BCUT2D eigenvalue weighted by Crippen LogP contribution is 2.17. The molecule has 0 radical (unpaired) electrons. The summed E-state index contributed by atoms with van der Waals surface area (Å²) in [5.41, 5.74) is 0.940. The fourth-order valence-corrected chi connectivity index (χ4v) is 1.70. The lowest BCUT2D eigenvalue weighted by atomic mass is 10.2. The maximum Gasteiger partial charge on any atom is 0.125 e. The van der Waals surface area contributed by atoms with Crippen LogP contribution < -0.4 is 0 Å². The zero-order valence-corrected chi connectivity index (χ0v) is 8.47. The summed E-state index contributed by atoms with van der Waals surface area (Å²) in [5.74, 6) is 0.443. The van der Waals surface area contributed by atoms with Gasteiger partial charge in [0.15, 0.2) is 0 Å². The molecule has 0 bridgehead atoms. The van der Waals surface area contributed by atoms with Crippen LogP contribution in [0.4, 0.5) is 4.39 Å². The molecule has 0 aliphatic heterocycles. The Labute approximate surface area is 87.1 Å². The molecule has 0 saturated heterocycles. The van der Waals surface area contributed by atoms with E-state index in [0.29, 0.717) is 5.88 Å². The van der Waals surface area contributed by atoms with Gasteiger partial charge in [0.05, 0.1) is 5.52 Å². The summed E-state index contributed by atoms with van der Waals surface area (Å²) in [6, 6.07) is 6.82. The molecule has 0 aliphatic rings. The third-order valence-electron chi connectivity index (χ3n) is 2.27. The molecule has 14 heavy (non-hydrogen) atoms. The van der Waals surface area contributed by atoms with Crippen LogP contribution in [-0.4, -0.2) is 10.4 Å². The number of hydrogen-bond acceptors (Lipinski definition) is 0. The van der Waals surface area contributed by atoms with E-state index < -0.39 is 0 Å². The van der Waals surface area contributed by atoms with Crippen LogP contribution in [0.25, 0.3) is 10.9 Å². The average molecular weight is 212 g/mol. The minimum absolute atomic E-state index is 0.191. The summed E-state index contributed by atoms with van der Waals surface area (Å²) in [6.45, 7) is 0.844. The van der Waals surface area contributed by atoms with Crippen molar-refractivity contribution in [1.29, 1.82) is 0 Å². The van der Waals surface area contributed by atoms with E-state index in [4.69, 9.17) is 11.6 Å². The number of nitrogens with zero attached hydrogens (tertiary/aromatic N) is 1. The van der Waals surface area contributed by atoms with Crippen LogP contribution in [-0.2, 0) is 6.54 Å². The van der Waals surface area contributed by atoms with E-state index in [-0.39, 0.29) is 5.82 Å². The number of fused-ring (bicyclic) bond motifs is 1. The number of hydrogen-bond donors (Lipinski definition) is 0. The van der Waals surface area contributed by atoms with E-state index in [9.17, 15) is 4.39 Å². The summed E-state index contributed by atoms with van der Waals surface area (Å²) < 4.78 is 15.0. The van der Waals surface area contributed by atoms with Crippen molar-refractivity contribution in [2.24, 2.45) is 0 Å². The molecule has 0 saturated carbocycles. The van der Waals surface area contributed by atoms with Crippen LogP contribution in [0.1, 0.15) is 6.42 Å². The van der Waals surface area contributed by atoms with Crippen molar-refractivity contribution >= 4 is 22.5 Å². The van der Waals surface area contributed by atoms with Crippen molar-refractivity contribution in [3.05, 3.63) is 36.3 Å². The van der Waals surface area contributed by atoms with Gasteiger partial charge in [0.1, 0.15) is 5.82 Å². The largest absolute Gasteiger partial charge is 0.347 e. The molecule has 0 N–H and O–H groups in total. The summed E-state index contributed by atoms with van der Waals surface area (Å²) in [5, 5.41) is 1.07. The minimum Gasteiger partial charge on any atom is -0.347 e. The fourth-order valence-electron chi connectivity index (χ4n) is 1.58. The van der Waals surface area contributed by atoms with Crippen LogP contribution in [0.15, 0.2) is 30.5 Å². The summed E-state index contributed by atoms with van der Waals surface area (Å²) in [4.78, 5) is 0. The van der Waals surface area contributed by atoms with Crippen LogP contribution in [0.5, 0.6) is 0 Å². The molecular formula is C11H11ClFN. The van der Waals surface area contributed by atoms with E-state index in [2.05, 4.69) is 0 Å². The van der Waals surface area contributed by atoms with Gasteiger partial charge in [-0.3, -0.25) is 0 Å². The normalized spacial score (nSPS) is 11.0. The molecule has 0 amide bonds. The van der Waals surface area contributed by atoms with Gasteiger partial charge in [-0.25, -0.2) is 4.39 Å². The smallest absolute Gasteiger partial charge is 0.125 e. The summed E-state index contributed by atoms with van der Waals surface area (Å²) >= 11 is 5.61. The van der Waals surface area contributed by atoms with E-state index in [1.54, 1.807) is 12.1 Å². The lowest BCUT2D eigenvalue weighted by molar-refractivity contribution is 0.627. The predicted octanol–water partition coefficient (Wildman–Crippen LogP) is 3.41. The first-order chi connectivity index (χ1) is 6.81. The Morgan fingerprint density at radius 2 is 2.14 bits per heavy atom. The molecule has 0 atom stereocenters. The average Bonchev–Trinajstić information content (AvgIpc) is 2.57. The Hall–Kier alpha value is -1.02. The molecule has 1 heterocycles. The second-order valence-electron chi connectivity index (χ2n) is 3.25. The van der Waals surface area contributed by atoms with E-state index in [1.165, 1.54) is 6.07 Å². The van der Waals surface area contributed by atoms with E-state index in [1.807, 2.05) is 16.8 Å². The topological polar surface area (TPSA) is 4.93 Å². The molecule has 3 heteroatoms. The van der Waals surface area contributed by atoms with Crippen LogP contribution in [0.3, 0.4) is 0 Å². The van der Waals surface area contributed by atoms with Gasteiger partial charge >= 0.3 is 0 Å². The monoisotopic (exact) mass is 211 g/mol. The van der Waals surface area contributed by atoms with Crippen LogP contribution in [0, 0.1) is 5.82 Å². The van der Waals surface area contributed by atoms with Gasteiger partial charge in [-0.05, 0) is 36.1 Å². The van der Waals surface area contributed by atoms with Crippen molar-refractivity contribution in [2.45, 2.75) is 13.0 Å². The van der Waals surface area contributed by atoms with Crippen molar-refractivity contribution < 1.29 is 4.39 Å². The van der Waals surface area contributed by atoms with E-state index in [0.717, 1.165) is 23.9 Å². The van der Waals surface area contributed by atoms with Gasteiger partial charge in [-0.2, -0.15) is 0 Å². The van der Waals surface area contributed by atoms with Gasteiger partial charge in [-0.15, -0.1) is 11.6 Å². The van der Waals surface area contributed by atoms with Gasteiger partial charge in [0, 0.05) is 18.6 Å². The lowest BCUT2D eigenvalue weighted by Gasteiger charge is -2.03. The molecular weight excluding hydrogens is 201 g/mol. The SMILES string of the molecule is Fc1ccc2ccn(CCCCl)c2c1. The van der Waals surface area contributed by atoms with Crippen molar-refractivity contribution in [3.8, 4) is 0 Å². The highest BCUT2D eigenvalue weighted by molar-refractivity contribution is 6.17. The zero-order chi connectivity index (χ0) is 9.97. The summed E-state index contributed by atoms with van der Waals surface area (Å²) in [6.07, 6.45) is 2.87. The van der Waals surface area contributed by atoms with Crippen molar-refractivity contribution in [3.63, 3.8) is 0 Å². The number of aromatic nitrogens is 1. The highest BCUT2D eigenvalue weighted by Gasteiger charge is 2.01. The lowest BCUT2D eigenvalue weighted by Crippen LogP contribution is -1.96. The Morgan fingerprint density at radius 3 is 2.93 bits per heavy atom. The van der Waals surface area contributed by atoms with Crippen molar-refractivity contribution in [2.75, 3.05) is 5.88 Å². The predicted molar refractivity (Wildman–Crippen MR) is 57.2 cm³/mol. The maximum atomic E-state index is 13.0. The number of alkyl halides is 1. The van der Waals surface area contributed by atoms with Crippen LogP contribution in [0.2, 0.25) is 0 Å². The van der Waals surface area contributed by atoms with Crippen molar-refractivity contribution in [1.82, 2.24) is 4.57 Å². The Bertz CT molecular complexity index is 436. The number of aryl methyl sites for hydroxylation is 1. The Morgan fingerprint density at radius 1 is 1.29 bits per heavy atom. The second-order valence-corrected chi connectivity index (χ2v) is 3.63. The third-order valence-corrected chi connectivity index (χ3v) is 2.54. The first-order valence-electron chi connectivity index (χ1n) is 4.61. The molecule has 2 rings (SSSR count). The first kappa shape index (κ1) is 9.53. The molecule has 1 aromatic heterocycles. The first-order valence-corrected chi connectivity index (χ1v) is 5.15. The standard InChI is InChI=1S/C11H11ClFN/c12-5-1-6-14-7-4-9-2-3-10(13)8-11(9)14/h2-4,7-8H,1,5-6H2. The quantitative estimate of drug-likeness (QED) is 0.686. The summed E-state index contributed by atoms with van der Waals surface area (Å²) in [7, 11) is 0. The zero-order valence-electron chi connectivity index (χ0n) is 7.71. The highest BCUT2D eigenvalue weighted by atomic mass is 35.5. The second kappa shape index (κ2) is 4.01. The Kier molecular flexibility index (Phi) is 2.73. The molecule has 0 unspecified atom stereocenters. The van der Waals surface area contributed by atoms with Gasteiger partial charge in [-0.1, -0.05) is 0 Å². The maximum absolute atomic E-state index is 13.0. The van der Waals surface area contributed by atoms with E-state index >= 15 is 0 Å². The van der Waals surface area contributed by atoms with Gasteiger partial charge in [0.25, 0.3) is 0 Å². The number of halogens is 2. The molecule has 1 nitrogen and oxygen atoms in total. The Balaban J connectivity index is 2.40. The molecule has 74 valence electrons. The number of rotatable bonds is 3. The number of benzene rings is 1. The van der Waals surface area contributed by atoms with Gasteiger partial charge < -0.3 is 4.57 Å². The minimum atomic E-state index is -0.191. The molecule has 1 aromatic carbocycles. The molecule has 0 spiro atoms. The van der Waals surface area contributed by atoms with Gasteiger partial charge in [0.2, 0.25) is 0 Å².